The fourth-order valence-electron chi connectivity index (χ4n) is 2.09. The minimum atomic E-state index is -0.498. The molecule has 1 aliphatic rings. The summed E-state index contributed by atoms with van der Waals surface area (Å²) in [6.07, 6.45) is 1.42. The molecule has 0 aromatic carbocycles. The number of aromatic nitrogens is 2. The van der Waals surface area contributed by atoms with Gasteiger partial charge in [0.15, 0.2) is 0 Å². The number of likely N-dealkylation sites (tertiary alicyclic amines) is 1. The Morgan fingerprint density at radius 2 is 2.44 bits per heavy atom. The van der Waals surface area contributed by atoms with E-state index >= 15 is 0 Å². The highest BCUT2D eigenvalue weighted by Gasteiger charge is 2.36. The molecule has 0 radical (unpaired) electrons. The van der Waals surface area contributed by atoms with Gasteiger partial charge >= 0.3 is 5.97 Å². The normalized spacial score (nSPS) is 18.9. The molecule has 2 heterocycles. The molecule has 0 spiro atoms. The predicted octanol–water partition coefficient (Wildman–Crippen LogP) is 0.160. The Labute approximate surface area is 104 Å². The highest BCUT2D eigenvalue weighted by atomic mass is 16.5. The number of nitrogens with one attached hydrogen (secondary N) is 1. The van der Waals surface area contributed by atoms with Gasteiger partial charge in [-0.2, -0.15) is 5.10 Å². The number of anilines is 1. The quantitative estimate of drug-likeness (QED) is 0.746. The fraction of sp³-hybridized carbons (Fsp3) is 0.545. The minimum Gasteiger partial charge on any atom is -0.464 e. The lowest BCUT2D eigenvalue weighted by atomic mass is 10.2. The zero-order valence-electron chi connectivity index (χ0n) is 10.2. The van der Waals surface area contributed by atoms with Gasteiger partial charge in [0.25, 0.3) is 5.91 Å². The third kappa shape index (κ3) is 2.29. The first-order valence-electron chi connectivity index (χ1n) is 5.92. The number of carbonyl (C=O) groups excluding carboxylic acids is 2. The van der Waals surface area contributed by atoms with Gasteiger partial charge in [-0.25, -0.2) is 4.79 Å². The number of amides is 1. The van der Waals surface area contributed by atoms with Crippen molar-refractivity contribution < 1.29 is 14.3 Å². The van der Waals surface area contributed by atoms with Gasteiger partial charge in [0.05, 0.1) is 6.61 Å². The van der Waals surface area contributed by atoms with E-state index in [-0.39, 0.29) is 17.7 Å². The second-order valence-corrected chi connectivity index (χ2v) is 4.12. The summed E-state index contributed by atoms with van der Waals surface area (Å²) in [5, 5.41) is 6.26. The average molecular weight is 252 g/mol. The van der Waals surface area contributed by atoms with E-state index in [0.717, 1.165) is 6.42 Å². The Morgan fingerprint density at radius 3 is 3.06 bits per heavy atom. The minimum absolute atomic E-state index is 0.255. The van der Waals surface area contributed by atoms with Crippen LogP contribution in [0.15, 0.2) is 6.07 Å². The summed E-state index contributed by atoms with van der Waals surface area (Å²) in [6.45, 7) is 2.60. The van der Waals surface area contributed by atoms with Crippen LogP contribution in [0.2, 0.25) is 0 Å². The van der Waals surface area contributed by atoms with Gasteiger partial charge < -0.3 is 15.4 Å². The topological polar surface area (TPSA) is 101 Å². The Balaban J connectivity index is 2.11. The van der Waals surface area contributed by atoms with Gasteiger partial charge in [-0.1, -0.05) is 0 Å². The Morgan fingerprint density at radius 1 is 1.67 bits per heavy atom. The summed E-state index contributed by atoms with van der Waals surface area (Å²) in [4.78, 5) is 25.4. The standard InChI is InChI=1S/C11H16N4O3/c1-2-18-11(17)8-4-3-5-15(8)10(16)7-6-9(12)14-13-7/h6,8H,2-5H2,1H3,(H3,12,13,14). The molecule has 3 N–H and O–H groups in total. The summed E-state index contributed by atoms with van der Waals surface area (Å²) in [5.41, 5.74) is 5.75. The third-order valence-corrected chi connectivity index (χ3v) is 2.90. The monoisotopic (exact) mass is 252 g/mol. The highest BCUT2D eigenvalue weighted by Crippen LogP contribution is 2.21. The van der Waals surface area contributed by atoms with Gasteiger partial charge in [-0.3, -0.25) is 9.89 Å². The molecule has 1 atom stereocenters. The van der Waals surface area contributed by atoms with Crippen molar-refractivity contribution in [1.29, 1.82) is 0 Å². The van der Waals surface area contributed by atoms with Crippen LogP contribution in [0, 0.1) is 0 Å². The van der Waals surface area contributed by atoms with E-state index in [2.05, 4.69) is 10.2 Å². The van der Waals surface area contributed by atoms with Gasteiger partial charge in [-0.15, -0.1) is 0 Å². The van der Waals surface area contributed by atoms with Crippen molar-refractivity contribution in [3.05, 3.63) is 11.8 Å². The van der Waals surface area contributed by atoms with Gasteiger partial charge in [0.1, 0.15) is 17.6 Å². The summed E-state index contributed by atoms with van der Waals surface area (Å²) >= 11 is 0. The molecule has 7 heteroatoms. The summed E-state index contributed by atoms with van der Waals surface area (Å²) in [5.74, 6) is -0.365. The molecule has 1 aromatic rings. The van der Waals surface area contributed by atoms with Crippen LogP contribution in [-0.2, 0) is 9.53 Å². The number of H-pyrrole nitrogens is 1. The number of carbonyl (C=O) groups is 2. The maximum absolute atomic E-state index is 12.2. The van der Waals surface area contributed by atoms with Crippen LogP contribution < -0.4 is 5.73 Å². The van der Waals surface area contributed by atoms with Crippen molar-refractivity contribution >= 4 is 17.7 Å². The van der Waals surface area contributed by atoms with E-state index in [1.54, 1.807) is 6.92 Å². The van der Waals surface area contributed by atoms with Crippen molar-refractivity contribution in [3.63, 3.8) is 0 Å². The predicted molar refractivity (Wildman–Crippen MR) is 63.7 cm³/mol. The first-order chi connectivity index (χ1) is 8.63. The lowest BCUT2D eigenvalue weighted by Crippen LogP contribution is -2.41. The SMILES string of the molecule is CCOC(=O)C1CCCN1C(=O)c1cc(N)n[nH]1. The average Bonchev–Trinajstić information content (AvgIpc) is 2.96. The zero-order chi connectivity index (χ0) is 13.1. The van der Waals surface area contributed by atoms with Crippen molar-refractivity contribution in [1.82, 2.24) is 15.1 Å². The number of rotatable bonds is 3. The van der Waals surface area contributed by atoms with Gasteiger partial charge in [0.2, 0.25) is 0 Å². The van der Waals surface area contributed by atoms with Crippen LogP contribution >= 0.6 is 0 Å². The molecular weight excluding hydrogens is 236 g/mol. The summed E-state index contributed by atoms with van der Waals surface area (Å²) in [7, 11) is 0. The van der Waals surface area contributed by atoms with E-state index in [0.29, 0.717) is 25.3 Å². The maximum atomic E-state index is 12.2. The van der Waals surface area contributed by atoms with Crippen LogP contribution in [0.1, 0.15) is 30.3 Å². The summed E-state index contributed by atoms with van der Waals surface area (Å²) in [6, 6.07) is 0.963. The Bertz CT molecular complexity index is 457. The van der Waals surface area contributed by atoms with E-state index < -0.39 is 6.04 Å². The number of nitrogens with two attached hydrogens (primary N) is 1. The van der Waals surface area contributed by atoms with Crippen LogP contribution in [-0.4, -0.2) is 46.2 Å². The molecule has 1 aliphatic heterocycles. The second-order valence-electron chi connectivity index (χ2n) is 4.12. The van der Waals surface area contributed by atoms with Crippen molar-refractivity contribution in [2.24, 2.45) is 0 Å². The molecule has 0 bridgehead atoms. The molecule has 2 rings (SSSR count). The largest absolute Gasteiger partial charge is 0.464 e. The number of hydrogen-bond donors (Lipinski definition) is 2. The first kappa shape index (κ1) is 12.4. The smallest absolute Gasteiger partial charge is 0.328 e. The van der Waals surface area contributed by atoms with E-state index in [1.807, 2.05) is 0 Å². The van der Waals surface area contributed by atoms with E-state index in [1.165, 1.54) is 11.0 Å². The number of esters is 1. The molecule has 1 fully saturated rings. The Kier molecular flexibility index (Phi) is 3.50. The lowest BCUT2D eigenvalue weighted by molar-refractivity contribution is -0.147. The molecule has 1 saturated heterocycles. The first-order valence-corrected chi connectivity index (χ1v) is 5.92. The van der Waals surface area contributed by atoms with Crippen molar-refractivity contribution in [3.8, 4) is 0 Å². The molecule has 0 aliphatic carbocycles. The number of ether oxygens (including phenoxy) is 1. The fourth-order valence-corrected chi connectivity index (χ4v) is 2.09. The second kappa shape index (κ2) is 5.07. The molecule has 98 valence electrons. The molecule has 1 amide bonds. The lowest BCUT2D eigenvalue weighted by Gasteiger charge is -2.22. The molecule has 1 aromatic heterocycles. The van der Waals surface area contributed by atoms with Crippen LogP contribution in [0.5, 0.6) is 0 Å². The van der Waals surface area contributed by atoms with Gasteiger partial charge in [-0.05, 0) is 19.8 Å². The van der Waals surface area contributed by atoms with E-state index in [9.17, 15) is 9.59 Å². The molecular formula is C11H16N4O3. The third-order valence-electron chi connectivity index (χ3n) is 2.90. The van der Waals surface area contributed by atoms with Crippen LogP contribution in [0.3, 0.4) is 0 Å². The Hall–Kier alpha value is -2.05. The molecule has 18 heavy (non-hydrogen) atoms. The van der Waals surface area contributed by atoms with Crippen molar-refractivity contribution in [2.75, 3.05) is 18.9 Å². The van der Waals surface area contributed by atoms with Crippen LogP contribution in [0.25, 0.3) is 0 Å². The van der Waals surface area contributed by atoms with Gasteiger partial charge in [0, 0.05) is 12.6 Å². The van der Waals surface area contributed by atoms with Crippen LogP contribution in [0.4, 0.5) is 5.82 Å². The molecule has 0 saturated carbocycles. The summed E-state index contributed by atoms with van der Waals surface area (Å²) < 4.78 is 4.96. The number of nitrogen functional groups attached to an aromatic ring is 1. The highest BCUT2D eigenvalue weighted by molar-refractivity contribution is 5.96. The van der Waals surface area contributed by atoms with Crippen molar-refractivity contribution in [2.45, 2.75) is 25.8 Å². The molecule has 7 nitrogen and oxygen atoms in total. The number of hydrogen-bond acceptors (Lipinski definition) is 5. The maximum Gasteiger partial charge on any atom is 0.328 e. The van der Waals surface area contributed by atoms with E-state index in [4.69, 9.17) is 10.5 Å². The molecule has 1 unspecified atom stereocenters. The zero-order valence-corrected chi connectivity index (χ0v) is 10.2. The number of nitrogens with zero attached hydrogens (tertiary/aromatic N) is 2. The number of aromatic amines is 1.